The molecule has 0 aliphatic heterocycles. The predicted molar refractivity (Wildman–Crippen MR) is 68.2 cm³/mol. The van der Waals surface area contributed by atoms with Gasteiger partial charge in [-0.05, 0) is 31.2 Å². The molecule has 1 heterocycles. The van der Waals surface area contributed by atoms with E-state index >= 15 is 0 Å². The van der Waals surface area contributed by atoms with E-state index in [1.165, 1.54) is 23.5 Å². The van der Waals surface area contributed by atoms with Crippen LogP contribution in [0.15, 0.2) is 24.3 Å². The van der Waals surface area contributed by atoms with Gasteiger partial charge in [-0.2, -0.15) is 0 Å². The van der Waals surface area contributed by atoms with Gasteiger partial charge in [0, 0.05) is 16.9 Å². The smallest absolute Gasteiger partial charge is 0.303 e. The van der Waals surface area contributed by atoms with Crippen molar-refractivity contribution in [2.45, 2.75) is 19.8 Å². The molecule has 0 atom stereocenters. The van der Waals surface area contributed by atoms with E-state index in [-0.39, 0.29) is 12.2 Å². The molecule has 0 amide bonds. The van der Waals surface area contributed by atoms with Gasteiger partial charge < -0.3 is 5.11 Å². The van der Waals surface area contributed by atoms with Crippen LogP contribution in [0.3, 0.4) is 0 Å². The maximum atomic E-state index is 12.8. The Hall–Kier alpha value is -1.75. The Morgan fingerprint density at radius 1 is 1.39 bits per heavy atom. The van der Waals surface area contributed by atoms with Crippen LogP contribution < -0.4 is 0 Å². The van der Waals surface area contributed by atoms with Crippen molar-refractivity contribution in [1.82, 2.24) is 4.98 Å². The average molecular weight is 265 g/mol. The topological polar surface area (TPSA) is 50.2 Å². The third-order valence-electron chi connectivity index (χ3n) is 2.56. The molecule has 1 aromatic heterocycles. The van der Waals surface area contributed by atoms with Crippen molar-refractivity contribution in [2.24, 2.45) is 0 Å². The van der Waals surface area contributed by atoms with Crippen molar-refractivity contribution in [2.75, 3.05) is 0 Å². The van der Waals surface area contributed by atoms with Crippen molar-refractivity contribution in [3.05, 3.63) is 40.7 Å². The number of carbonyl (C=O) groups is 1. The minimum Gasteiger partial charge on any atom is -0.481 e. The first kappa shape index (κ1) is 12.7. The normalized spacial score (nSPS) is 10.6. The first-order chi connectivity index (χ1) is 8.56. The fraction of sp³-hybridized carbons (Fsp3) is 0.231. The number of halogens is 1. The first-order valence-corrected chi connectivity index (χ1v) is 6.32. The van der Waals surface area contributed by atoms with E-state index in [1.807, 2.05) is 6.92 Å². The number of hydrogen-bond donors (Lipinski definition) is 1. The molecule has 2 rings (SSSR count). The summed E-state index contributed by atoms with van der Waals surface area (Å²) in [5, 5.41) is 9.45. The summed E-state index contributed by atoms with van der Waals surface area (Å²) < 4.78 is 12.8. The van der Waals surface area contributed by atoms with Gasteiger partial charge in [0.15, 0.2) is 0 Å². The standard InChI is InChI=1S/C13H12FNO2S/c1-8-11(6-7-12(16)17)15-13(18-8)9-2-4-10(14)5-3-9/h2-5H,6-7H2,1H3,(H,16,17). The van der Waals surface area contributed by atoms with Crippen molar-refractivity contribution >= 4 is 17.3 Å². The van der Waals surface area contributed by atoms with Gasteiger partial charge in [0.2, 0.25) is 0 Å². The quantitative estimate of drug-likeness (QED) is 0.923. The molecule has 3 nitrogen and oxygen atoms in total. The zero-order valence-electron chi connectivity index (χ0n) is 9.81. The summed E-state index contributed by atoms with van der Waals surface area (Å²) in [5.74, 6) is -1.11. The Morgan fingerprint density at radius 2 is 2.06 bits per heavy atom. The lowest BCUT2D eigenvalue weighted by molar-refractivity contribution is -0.136. The second-order valence-corrected chi connectivity index (χ2v) is 5.13. The molecule has 94 valence electrons. The molecule has 0 aliphatic carbocycles. The van der Waals surface area contributed by atoms with Gasteiger partial charge in [0.05, 0.1) is 12.1 Å². The molecule has 0 fully saturated rings. The summed E-state index contributed by atoms with van der Waals surface area (Å²) in [5.41, 5.74) is 1.66. The zero-order chi connectivity index (χ0) is 13.1. The molecule has 0 spiro atoms. The zero-order valence-corrected chi connectivity index (χ0v) is 10.6. The van der Waals surface area contributed by atoms with Gasteiger partial charge in [0.25, 0.3) is 0 Å². The third-order valence-corrected chi connectivity index (χ3v) is 3.62. The number of thiazole rings is 1. The fourth-order valence-electron chi connectivity index (χ4n) is 1.60. The minimum atomic E-state index is -0.828. The number of benzene rings is 1. The van der Waals surface area contributed by atoms with Crippen LogP contribution in [0, 0.1) is 12.7 Å². The lowest BCUT2D eigenvalue weighted by atomic mass is 10.2. The molecule has 0 saturated carbocycles. The van der Waals surface area contributed by atoms with Crippen molar-refractivity contribution in [1.29, 1.82) is 0 Å². The number of carboxylic acids is 1. The summed E-state index contributed by atoms with van der Waals surface area (Å²) in [6.07, 6.45) is 0.506. The van der Waals surface area contributed by atoms with Crippen molar-refractivity contribution < 1.29 is 14.3 Å². The van der Waals surface area contributed by atoms with Gasteiger partial charge in [0.1, 0.15) is 10.8 Å². The number of hydrogen-bond acceptors (Lipinski definition) is 3. The highest BCUT2D eigenvalue weighted by Gasteiger charge is 2.10. The van der Waals surface area contributed by atoms with Gasteiger partial charge >= 0.3 is 5.97 Å². The molecule has 1 aromatic carbocycles. The first-order valence-electron chi connectivity index (χ1n) is 5.50. The highest BCUT2D eigenvalue weighted by Crippen LogP contribution is 2.28. The summed E-state index contributed by atoms with van der Waals surface area (Å²) in [7, 11) is 0. The van der Waals surface area contributed by atoms with E-state index in [9.17, 15) is 9.18 Å². The van der Waals surface area contributed by atoms with E-state index in [0.29, 0.717) is 6.42 Å². The second kappa shape index (κ2) is 5.27. The Balaban J connectivity index is 2.22. The van der Waals surface area contributed by atoms with E-state index in [2.05, 4.69) is 4.98 Å². The number of rotatable bonds is 4. The van der Waals surface area contributed by atoms with E-state index in [0.717, 1.165) is 21.1 Å². The predicted octanol–water partition coefficient (Wildman–Crippen LogP) is 3.27. The fourth-order valence-corrected chi connectivity index (χ4v) is 2.57. The van der Waals surface area contributed by atoms with Gasteiger partial charge in [-0.25, -0.2) is 9.37 Å². The summed E-state index contributed by atoms with van der Waals surface area (Å²) in [6.45, 7) is 1.92. The molecule has 0 saturated heterocycles. The summed E-state index contributed by atoms with van der Waals surface area (Å²) in [6, 6.07) is 6.13. The molecular formula is C13H12FNO2S. The van der Waals surface area contributed by atoms with Crippen LogP contribution in [0.2, 0.25) is 0 Å². The van der Waals surface area contributed by atoms with Crippen LogP contribution in [0.4, 0.5) is 4.39 Å². The number of carboxylic acid groups (broad SMARTS) is 1. The van der Waals surface area contributed by atoms with Crippen LogP contribution in [0.25, 0.3) is 10.6 Å². The molecule has 18 heavy (non-hydrogen) atoms. The van der Waals surface area contributed by atoms with E-state index < -0.39 is 5.97 Å². The van der Waals surface area contributed by atoms with Gasteiger partial charge in [-0.3, -0.25) is 4.79 Å². The molecule has 1 N–H and O–H groups in total. The van der Waals surface area contributed by atoms with Crippen LogP contribution >= 0.6 is 11.3 Å². The highest BCUT2D eigenvalue weighted by molar-refractivity contribution is 7.15. The lowest BCUT2D eigenvalue weighted by Gasteiger charge is -1.95. The van der Waals surface area contributed by atoms with Crippen molar-refractivity contribution in [3.8, 4) is 10.6 Å². The van der Waals surface area contributed by atoms with Crippen molar-refractivity contribution in [3.63, 3.8) is 0 Å². The third kappa shape index (κ3) is 2.92. The Morgan fingerprint density at radius 3 is 2.67 bits per heavy atom. The maximum Gasteiger partial charge on any atom is 0.303 e. The van der Waals surface area contributed by atoms with Crippen LogP contribution in [0.5, 0.6) is 0 Å². The maximum absolute atomic E-state index is 12.8. The molecule has 0 radical (unpaired) electrons. The number of aliphatic carboxylic acids is 1. The second-order valence-electron chi connectivity index (χ2n) is 3.92. The Bertz CT molecular complexity index is 563. The van der Waals surface area contributed by atoms with Crippen LogP contribution in [0.1, 0.15) is 17.0 Å². The molecule has 2 aromatic rings. The number of aryl methyl sites for hydroxylation is 2. The van der Waals surface area contributed by atoms with Gasteiger partial charge in [-0.1, -0.05) is 0 Å². The van der Waals surface area contributed by atoms with E-state index in [1.54, 1.807) is 12.1 Å². The largest absolute Gasteiger partial charge is 0.481 e. The average Bonchev–Trinajstić information content (AvgIpc) is 2.69. The Kier molecular flexibility index (Phi) is 3.72. The summed E-state index contributed by atoms with van der Waals surface area (Å²) >= 11 is 1.50. The van der Waals surface area contributed by atoms with Crippen LogP contribution in [-0.2, 0) is 11.2 Å². The minimum absolute atomic E-state index is 0.0768. The molecule has 0 bridgehead atoms. The SMILES string of the molecule is Cc1sc(-c2ccc(F)cc2)nc1CCC(=O)O. The molecule has 5 heteroatoms. The van der Waals surface area contributed by atoms with E-state index in [4.69, 9.17) is 5.11 Å². The highest BCUT2D eigenvalue weighted by atomic mass is 32.1. The number of aromatic nitrogens is 1. The van der Waals surface area contributed by atoms with Crippen LogP contribution in [-0.4, -0.2) is 16.1 Å². The van der Waals surface area contributed by atoms with Gasteiger partial charge in [-0.15, -0.1) is 11.3 Å². The molecular weight excluding hydrogens is 253 g/mol. The number of nitrogens with zero attached hydrogens (tertiary/aromatic N) is 1. The lowest BCUT2D eigenvalue weighted by Crippen LogP contribution is -1.98. The molecule has 0 aliphatic rings. The Labute approximate surface area is 108 Å². The molecule has 0 unspecified atom stereocenters. The summed E-state index contributed by atoms with van der Waals surface area (Å²) in [4.78, 5) is 16.0. The monoisotopic (exact) mass is 265 g/mol.